The molecule has 1 aromatic heterocycles. The monoisotopic (exact) mass is 506 g/mol. The summed E-state index contributed by atoms with van der Waals surface area (Å²) in [7, 11) is 0. The molecule has 1 heterocycles. The number of nitrogens with zero attached hydrogens (tertiary/aromatic N) is 3. The molecule has 1 atom stereocenters. The average molecular weight is 507 g/mol. The van der Waals surface area contributed by atoms with E-state index in [9.17, 15) is 9.18 Å². The molecule has 0 saturated heterocycles. The van der Waals surface area contributed by atoms with Crippen LogP contribution in [0.2, 0.25) is 5.02 Å². The second-order valence-electron chi connectivity index (χ2n) is 8.00. The van der Waals surface area contributed by atoms with Crippen molar-refractivity contribution in [3.05, 3.63) is 112 Å². The highest BCUT2D eigenvalue weighted by molar-refractivity contribution is 7.98. The number of amides is 1. The number of rotatable bonds is 8. The van der Waals surface area contributed by atoms with E-state index in [4.69, 9.17) is 11.6 Å². The standard InChI is InChI=1S/C27H24ClFN4OS/c1-18-8-12-22(28)16-24(18)33-26(19(2)30-25(34)15-11-20-6-4-3-5-7-20)31-32-27(33)35-17-21-9-13-23(29)14-10-21/h3-16,19H,17H2,1-2H3,(H,30,34)/b15-11+. The third-order valence-electron chi connectivity index (χ3n) is 5.32. The third-order valence-corrected chi connectivity index (χ3v) is 6.56. The van der Waals surface area contributed by atoms with Gasteiger partial charge in [-0.2, -0.15) is 0 Å². The fourth-order valence-corrected chi connectivity index (χ4v) is 4.57. The SMILES string of the molecule is Cc1ccc(Cl)cc1-n1c(SCc2ccc(F)cc2)nnc1C(C)NC(=O)/C=C/c1ccccc1. The normalized spacial score (nSPS) is 12.1. The van der Waals surface area contributed by atoms with Crippen LogP contribution in [0.25, 0.3) is 11.8 Å². The van der Waals surface area contributed by atoms with E-state index in [1.165, 1.54) is 30.0 Å². The molecule has 0 saturated carbocycles. The number of nitrogens with one attached hydrogen (secondary N) is 1. The van der Waals surface area contributed by atoms with E-state index >= 15 is 0 Å². The molecule has 178 valence electrons. The second kappa shape index (κ2) is 11.3. The summed E-state index contributed by atoms with van der Waals surface area (Å²) in [4.78, 5) is 12.6. The number of carbonyl (C=O) groups is 1. The van der Waals surface area contributed by atoms with Gasteiger partial charge in [-0.3, -0.25) is 9.36 Å². The Bertz CT molecular complexity index is 1340. The highest BCUT2D eigenvalue weighted by Gasteiger charge is 2.22. The Hall–Kier alpha value is -3.42. The molecular weight excluding hydrogens is 483 g/mol. The Morgan fingerprint density at radius 3 is 2.60 bits per heavy atom. The van der Waals surface area contributed by atoms with E-state index in [0.29, 0.717) is 21.8 Å². The van der Waals surface area contributed by atoms with Crippen LogP contribution < -0.4 is 5.32 Å². The number of hydrogen-bond donors (Lipinski definition) is 1. The molecule has 4 aromatic rings. The van der Waals surface area contributed by atoms with Gasteiger partial charge in [0.2, 0.25) is 5.91 Å². The zero-order valence-corrected chi connectivity index (χ0v) is 20.9. The number of aromatic nitrogens is 3. The number of aryl methyl sites for hydroxylation is 1. The molecule has 3 aromatic carbocycles. The van der Waals surface area contributed by atoms with Gasteiger partial charge in [0.15, 0.2) is 11.0 Å². The summed E-state index contributed by atoms with van der Waals surface area (Å²) >= 11 is 7.79. The number of hydrogen-bond acceptors (Lipinski definition) is 4. The summed E-state index contributed by atoms with van der Waals surface area (Å²) in [6.45, 7) is 3.85. The molecule has 1 amide bonds. The summed E-state index contributed by atoms with van der Waals surface area (Å²) in [6.07, 6.45) is 3.26. The Morgan fingerprint density at radius 2 is 1.86 bits per heavy atom. The van der Waals surface area contributed by atoms with E-state index < -0.39 is 6.04 Å². The van der Waals surface area contributed by atoms with E-state index in [0.717, 1.165) is 22.4 Å². The lowest BCUT2D eigenvalue weighted by atomic mass is 10.2. The lowest BCUT2D eigenvalue weighted by Gasteiger charge is -2.17. The molecule has 4 rings (SSSR count). The van der Waals surface area contributed by atoms with Gasteiger partial charge in [-0.25, -0.2) is 4.39 Å². The summed E-state index contributed by atoms with van der Waals surface area (Å²) in [5.74, 6) is 0.654. The predicted molar refractivity (Wildman–Crippen MR) is 139 cm³/mol. The van der Waals surface area contributed by atoms with Crippen molar-refractivity contribution in [2.24, 2.45) is 0 Å². The lowest BCUT2D eigenvalue weighted by molar-refractivity contribution is -0.117. The van der Waals surface area contributed by atoms with Gasteiger partial charge in [-0.1, -0.05) is 71.9 Å². The largest absolute Gasteiger partial charge is 0.343 e. The summed E-state index contributed by atoms with van der Waals surface area (Å²) in [5.41, 5.74) is 3.72. The summed E-state index contributed by atoms with van der Waals surface area (Å²) < 4.78 is 15.2. The number of thioether (sulfide) groups is 1. The first-order valence-corrected chi connectivity index (χ1v) is 12.4. The zero-order chi connectivity index (χ0) is 24.8. The van der Waals surface area contributed by atoms with Crippen molar-refractivity contribution >= 4 is 35.3 Å². The Balaban J connectivity index is 1.60. The Kier molecular flexibility index (Phi) is 8.00. The van der Waals surface area contributed by atoms with Crippen LogP contribution >= 0.6 is 23.4 Å². The van der Waals surface area contributed by atoms with Crippen LogP contribution in [-0.4, -0.2) is 20.7 Å². The zero-order valence-electron chi connectivity index (χ0n) is 19.3. The van der Waals surface area contributed by atoms with Crippen molar-refractivity contribution in [3.63, 3.8) is 0 Å². The minimum absolute atomic E-state index is 0.237. The average Bonchev–Trinajstić information content (AvgIpc) is 3.28. The van der Waals surface area contributed by atoms with Crippen molar-refractivity contribution in [3.8, 4) is 5.69 Å². The molecule has 8 heteroatoms. The first-order chi connectivity index (χ1) is 16.9. The molecule has 35 heavy (non-hydrogen) atoms. The fourth-order valence-electron chi connectivity index (χ4n) is 3.50. The second-order valence-corrected chi connectivity index (χ2v) is 9.38. The predicted octanol–water partition coefficient (Wildman–Crippen LogP) is 6.55. The first kappa shape index (κ1) is 24.7. The topological polar surface area (TPSA) is 59.8 Å². The van der Waals surface area contributed by atoms with Crippen molar-refractivity contribution in [1.29, 1.82) is 0 Å². The van der Waals surface area contributed by atoms with Crippen LogP contribution in [0.3, 0.4) is 0 Å². The highest BCUT2D eigenvalue weighted by Crippen LogP contribution is 2.30. The van der Waals surface area contributed by atoms with Gasteiger partial charge in [-0.05, 0) is 60.9 Å². The molecule has 0 bridgehead atoms. The van der Waals surface area contributed by atoms with Crippen molar-refractivity contribution < 1.29 is 9.18 Å². The van der Waals surface area contributed by atoms with Gasteiger partial charge < -0.3 is 5.32 Å². The van der Waals surface area contributed by atoms with Gasteiger partial charge in [0.25, 0.3) is 0 Å². The van der Waals surface area contributed by atoms with E-state index in [1.807, 2.05) is 66.9 Å². The molecule has 1 unspecified atom stereocenters. The van der Waals surface area contributed by atoms with Crippen LogP contribution in [0.15, 0.2) is 84.0 Å². The van der Waals surface area contributed by atoms with Gasteiger partial charge in [0, 0.05) is 16.9 Å². The van der Waals surface area contributed by atoms with Gasteiger partial charge in [0.05, 0.1) is 11.7 Å². The summed E-state index contributed by atoms with van der Waals surface area (Å²) in [6, 6.07) is 21.2. The van der Waals surface area contributed by atoms with Gasteiger partial charge in [0.1, 0.15) is 5.82 Å². The molecule has 5 nitrogen and oxygen atoms in total. The molecule has 0 radical (unpaired) electrons. The molecular formula is C27H24ClFN4OS. The maximum Gasteiger partial charge on any atom is 0.244 e. The Morgan fingerprint density at radius 1 is 1.11 bits per heavy atom. The lowest BCUT2D eigenvalue weighted by Crippen LogP contribution is -2.27. The van der Waals surface area contributed by atoms with E-state index in [2.05, 4.69) is 15.5 Å². The van der Waals surface area contributed by atoms with E-state index in [-0.39, 0.29) is 11.7 Å². The molecule has 0 aliphatic carbocycles. The van der Waals surface area contributed by atoms with Crippen LogP contribution in [0.5, 0.6) is 0 Å². The molecule has 0 fully saturated rings. The van der Waals surface area contributed by atoms with Crippen molar-refractivity contribution in [2.75, 3.05) is 0 Å². The Labute approximate surface area is 213 Å². The van der Waals surface area contributed by atoms with Crippen LogP contribution in [0.4, 0.5) is 4.39 Å². The van der Waals surface area contributed by atoms with Crippen molar-refractivity contribution in [1.82, 2.24) is 20.1 Å². The molecule has 0 spiro atoms. The smallest absolute Gasteiger partial charge is 0.244 e. The molecule has 1 N–H and O–H groups in total. The minimum atomic E-state index is -0.422. The highest BCUT2D eigenvalue weighted by atomic mass is 35.5. The molecule has 0 aliphatic heterocycles. The van der Waals surface area contributed by atoms with Gasteiger partial charge in [-0.15, -0.1) is 10.2 Å². The van der Waals surface area contributed by atoms with Crippen LogP contribution in [0, 0.1) is 12.7 Å². The maximum absolute atomic E-state index is 13.3. The maximum atomic E-state index is 13.3. The van der Waals surface area contributed by atoms with Gasteiger partial charge >= 0.3 is 0 Å². The minimum Gasteiger partial charge on any atom is -0.343 e. The summed E-state index contributed by atoms with van der Waals surface area (Å²) in [5, 5.41) is 13.0. The van der Waals surface area contributed by atoms with Crippen LogP contribution in [0.1, 0.15) is 35.5 Å². The number of carbonyl (C=O) groups excluding carboxylic acids is 1. The quantitative estimate of drug-likeness (QED) is 0.217. The van der Waals surface area contributed by atoms with Crippen LogP contribution in [-0.2, 0) is 10.5 Å². The van der Waals surface area contributed by atoms with Crippen molar-refractivity contribution in [2.45, 2.75) is 30.8 Å². The number of halogens is 2. The fraction of sp³-hybridized carbons (Fsp3) is 0.148. The first-order valence-electron chi connectivity index (χ1n) is 11.0. The molecule has 0 aliphatic rings. The third kappa shape index (κ3) is 6.38. The number of benzene rings is 3. The van der Waals surface area contributed by atoms with E-state index in [1.54, 1.807) is 18.2 Å².